The van der Waals surface area contributed by atoms with Gasteiger partial charge in [-0.3, -0.25) is 12.5 Å². The molecule has 30 heavy (non-hydrogen) atoms. The molecule has 0 bridgehead atoms. The van der Waals surface area contributed by atoms with Crippen molar-refractivity contribution in [2.24, 2.45) is 0 Å². The van der Waals surface area contributed by atoms with Gasteiger partial charge in [0.2, 0.25) is 31.2 Å². The highest BCUT2D eigenvalue weighted by molar-refractivity contribution is 7.81. The third-order valence-corrected chi connectivity index (χ3v) is 1.84. The van der Waals surface area contributed by atoms with Crippen LogP contribution in [0.1, 0.15) is 0 Å². The summed E-state index contributed by atoms with van der Waals surface area (Å²) in [5.74, 6) is 0. The molecule has 0 atom stereocenters. The first kappa shape index (κ1) is 43.4. The van der Waals surface area contributed by atoms with E-state index in [4.69, 9.17) is 0 Å². The first-order valence-electron chi connectivity index (χ1n) is 7.72. The van der Waals surface area contributed by atoms with Gasteiger partial charge in [-0.15, -0.1) is 0 Å². The number of nitrogens with one attached hydrogen (secondary N) is 3. The summed E-state index contributed by atoms with van der Waals surface area (Å²) in [4.78, 5) is 4.25. The van der Waals surface area contributed by atoms with E-state index in [2.05, 4.69) is 76.0 Å². The summed E-state index contributed by atoms with van der Waals surface area (Å²) in [6, 6.07) is 0. The monoisotopic (exact) mass is 513 g/mol. The Bertz CT molecular complexity index is 534. The third kappa shape index (κ3) is 268. The van der Waals surface area contributed by atoms with Gasteiger partial charge in [-0.1, -0.05) is 0 Å². The lowest BCUT2D eigenvalue weighted by atomic mass is 11.0. The lowest BCUT2D eigenvalue weighted by Crippen LogP contribution is -3.02. The van der Waals surface area contributed by atoms with Crippen LogP contribution in [0.4, 0.5) is 0 Å². The minimum absolute atomic E-state index is 0.808. The third-order valence-electron chi connectivity index (χ3n) is 0.612. The summed E-state index contributed by atoms with van der Waals surface area (Å²) in [5.41, 5.74) is 0. The van der Waals surface area contributed by atoms with E-state index in [-0.39, 0.29) is 0 Å². The predicted molar refractivity (Wildman–Crippen MR) is 106 cm³/mol. The van der Waals surface area contributed by atoms with Crippen molar-refractivity contribution in [3.05, 3.63) is 0 Å². The average molecular weight is 514 g/mol. The van der Waals surface area contributed by atoms with Crippen molar-refractivity contribution >= 4 is 31.2 Å². The fourth-order valence-electron chi connectivity index (χ4n) is 0. The Morgan fingerprint density at radius 2 is 0.467 bits per heavy atom. The largest absolute Gasteiger partial charge is 0.726 e. The Morgan fingerprint density at radius 3 is 0.467 bits per heavy atom. The SMILES string of the molecule is COS(=O)(=O)[O-].COS(=O)(=O)[O-].COS(=O)(=O)[O-].C[NH+](C)C.C[NH+](C)C.C[NH+](C)C. The van der Waals surface area contributed by atoms with E-state index in [1.165, 1.54) is 14.7 Å². The van der Waals surface area contributed by atoms with E-state index in [1.54, 1.807) is 0 Å². The maximum Gasteiger partial charge on any atom is 0.217 e. The van der Waals surface area contributed by atoms with Crippen LogP contribution < -0.4 is 14.7 Å². The molecule has 0 aliphatic rings. The molecule has 0 rings (SSSR count). The normalized spacial score (nSPS) is 10.6. The molecule has 0 aliphatic carbocycles. The van der Waals surface area contributed by atoms with Gasteiger partial charge in [0.1, 0.15) is 0 Å². The standard InChI is InChI=1S/3C3H9N.3CH4O4S/c3*1-4(2)3;3*1-5-6(2,3)4/h3*1-3H3;3*1H3,(H,2,3,4). The van der Waals surface area contributed by atoms with Gasteiger partial charge in [-0.05, 0) is 0 Å². The van der Waals surface area contributed by atoms with Crippen LogP contribution in [0.2, 0.25) is 0 Å². The number of quaternary nitrogens is 3. The molecule has 0 radical (unpaired) electrons. The van der Waals surface area contributed by atoms with Crippen molar-refractivity contribution in [1.82, 2.24) is 0 Å². The van der Waals surface area contributed by atoms with Crippen LogP contribution >= 0.6 is 0 Å². The number of rotatable bonds is 3. The molecule has 0 spiro atoms. The average Bonchev–Trinajstić information content (AvgIpc) is 2.44. The van der Waals surface area contributed by atoms with Crippen LogP contribution in [-0.2, 0) is 43.7 Å². The molecule has 15 nitrogen and oxygen atoms in total. The summed E-state index contributed by atoms with van der Waals surface area (Å²) in [7, 11) is 7.94. The second-order valence-corrected chi connectivity index (χ2v) is 9.67. The zero-order valence-corrected chi connectivity index (χ0v) is 22.1. The zero-order valence-electron chi connectivity index (χ0n) is 19.6. The van der Waals surface area contributed by atoms with Crippen molar-refractivity contribution in [3.8, 4) is 0 Å². The number of hydrogen-bond acceptors (Lipinski definition) is 12. The topological polar surface area (TPSA) is 213 Å². The first-order chi connectivity index (χ1) is 12.9. The van der Waals surface area contributed by atoms with E-state index in [1.807, 2.05) is 0 Å². The van der Waals surface area contributed by atoms with E-state index in [9.17, 15) is 38.9 Å². The highest BCUT2D eigenvalue weighted by atomic mass is 32.3. The molecule has 0 saturated carbocycles. The molecule has 0 fully saturated rings. The molecule has 3 N–H and O–H groups in total. The first-order valence-corrected chi connectivity index (χ1v) is 11.7. The Labute approximate surface area is 182 Å². The predicted octanol–water partition coefficient (Wildman–Crippen LogP) is -6.44. The summed E-state index contributed by atoms with van der Waals surface area (Å²) in [6.45, 7) is 0. The van der Waals surface area contributed by atoms with Crippen molar-refractivity contribution in [2.75, 3.05) is 84.8 Å². The lowest BCUT2D eigenvalue weighted by molar-refractivity contribution is -0.836. The minimum Gasteiger partial charge on any atom is -0.726 e. The van der Waals surface area contributed by atoms with Gasteiger partial charge >= 0.3 is 0 Å². The number of hydrogen-bond donors (Lipinski definition) is 3. The van der Waals surface area contributed by atoms with Crippen LogP contribution in [0.3, 0.4) is 0 Å². The highest BCUT2D eigenvalue weighted by Gasteiger charge is 1.80. The minimum atomic E-state index is -4.41. The Balaban J connectivity index is -0.0000000583. The summed E-state index contributed by atoms with van der Waals surface area (Å²) in [6.07, 6.45) is 0. The van der Waals surface area contributed by atoms with Crippen molar-refractivity contribution in [2.45, 2.75) is 0 Å². The molecule has 0 aliphatic heterocycles. The molecular formula is C12H39N3O12S3. The van der Waals surface area contributed by atoms with Gasteiger partial charge < -0.3 is 28.4 Å². The second kappa shape index (κ2) is 24.8. The Morgan fingerprint density at radius 1 is 0.433 bits per heavy atom. The fraction of sp³-hybridized carbons (Fsp3) is 1.00. The highest BCUT2D eigenvalue weighted by Crippen LogP contribution is 1.75. The van der Waals surface area contributed by atoms with Gasteiger partial charge in [0.25, 0.3) is 0 Å². The lowest BCUT2D eigenvalue weighted by Gasteiger charge is -1.98. The molecule has 0 aromatic heterocycles. The summed E-state index contributed by atoms with van der Waals surface area (Å²) in [5, 5.41) is 0. The zero-order chi connectivity index (χ0) is 26.4. The van der Waals surface area contributed by atoms with Crippen LogP contribution in [0.15, 0.2) is 0 Å². The van der Waals surface area contributed by atoms with Crippen molar-refractivity contribution in [1.29, 1.82) is 0 Å². The molecule has 0 aromatic carbocycles. The van der Waals surface area contributed by atoms with Gasteiger partial charge in [0, 0.05) is 0 Å². The van der Waals surface area contributed by atoms with Gasteiger partial charge in [0.15, 0.2) is 0 Å². The van der Waals surface area contributed by atoms with Crippen LogP contribution in [0, 0.1) is 0 Å². The van der Waals surface area contributed by atoms with E-state index in [0.717, 1.165) is 21.3 Å². The van der Waals surface area contributed by atoms with Crippen LogP contribution in [-0.4, -0.2) is 124 Å². The summed E-state index contributed by atoms with van der Waals surface area (Å²) >= 11 is 0. The van der Waals surface area contributed by atoms with Gasteiger partial charge in [-0.25, -0.2) is 25.3 Å². The van der Waals surface area contributed by atoms with Crippen molar-refractivity contribution in [3.63, 3.8) is 0 Å². The van der Waals surface area contributed by atoms with Crippen LogP contribution in [0.25, 0.3) is 0 Å². The molecule has 0 unspecified atom stereocenters. The maximum atomic E-state index is 9.22. The Hall–Kier alpha value is -0.510. The fourth-order valence-corrected chi connectivity index (χ4v) is 0. The molecule has 0 amide bonds. The van der Waals surface area contributed by atoms with Crippen molar-refractivity contribution < 1.29 is 66.2 Å². The molecule has 0 heterocycles. The van der Waals surface area contributed by atoms with Crippen LogP contribution in [0.5, 0.6) is 0 Å². The van der Waals surface area contributed by atoms with Gasteiger partial charge in [0.05, 0.1) is 84.8 Å². The van der Waals surface area contributed by atoms with E-state index < -0.39 is 31.2 Å². The molecule has 192 valence electrons. The van der Waals surface area contributed by atoms with Gasteiger partial charge in [-0.2, -0.15) is 0 Å². The van der Waals surface area contributed by atoms with E-state index in [0.29, 0.717) is 0 Å². The quantitative estimate of drug-likeness (QED) is 0.237. The molecule has 0 aromatic rings. The smallest absolute Gasteiger partial charge is 0.217 e. The Kier molecular flexibility index (Phi) is 35.8. The molecule has 0 saturated heterocycles. The molecule has 18 heteroatoms. The van der Waals surface area contributed by atoms with E-state index >= 15 is 0 Å². The summed E-state index contributed by atoms with van der Waals surface area (Å²) < 4.78 is 93.1. The molecular weight excluding hydrogens is 474 g/mol. The maximum absolute atomic E-state index is 9.22. The second-order valence-electron chi connectivity index (χ2n) is 6.22.